The van der Waals surface area contributed by atoms with Crippen LogP contribution in [0.2, 0.25) is 0 Å². The third kappa shape index (κ3) is 1.94. The van der Waals surface area contributed by atoms with Crippen LogP contribution in [0.3, 0.4) is 0 Å². The molecule has 1 aliphatic heterocycles. The Morgan fingerprint density at radius 1 is 1.42 bits per heavy atom. The lowest BCUT2D eigenvalue weighted by Gasteiger charge is -2.20. The van der Waals surface area contributed by atoms with E-state index >= 15 is 0 Å². The highest BCUT2D eigenvalue weighted by molar-refractivity contribution is 6.09. The number of cyclic esters (lactones) is 2. The zero-order valence-electron chi connectivity index (χ0n) is 7.08. The summed E-state index contributed by atoms with van der Waals surface area (Å²) in [5.74, 6) is -1.18. The molecule has 1 rings (SSSR count). The Labute approximate surface area is 71.4 Å². The lowest BCUT2D eigenvalue weighted by Crippen LogP contribution is -2.40. The summed E-state index contributed by atoms with van der Waals surface area (Å²) < 4.78 is 4.21. The van der Waals surface area contributed by atoms with E-state index in [1.807, 2.05) is 19.1 Å². The van der Waals surface area contributed by atoms with Crippen LogP contribution in [0.4, 0.5) is 0 Å². The Balaban J connectivity index is 2.15. The molecule has 3 nitrogen and oxygen atoms in total. The van der Waals surface area contributed by atoms with E-state index in [2.05, 4.69) is 4.74 Å². The molecule has 0 spiro atoms. The van der Waals surface area contributed by atoms with Crippen molar-refractivity contribution in [1.29, 1.82) is 0 Å². The molecule has 0 amide bonds. The van der Waals surface area contributed by atoms with Crippen LogP contribution in [-0.4, -0.2) is 11.9 Å². The first-order valence-corrected chi connectivity index (χ1v) is 4.12. The molecule has 1 heterocycles. The molecule has 0 unspecified atom stereocenters. The van der Waals surface area contributed by atoms with Gasteiger partial charge in [0.2, 0.25) is 0 Å². The number of rotatable bonds is 4. The first kappa shape index (κ1) is 8.97. The zero-order valence-corrected chi connectivity index (χ0v) is 7.08. The van der Waals surface area contributed by atoms with Crippen LogP contribution in [0, 0.1) is 5.92 Å². The second-order valence-electron chi connectivity index (χ2n) is 2.79. The van der Waals surface area contributed by atoms with E-state index < -0.39 is 5.92 Å². The molecule has 66 valence electrons. The van der Waals surface area contributed by atoms with Gasteiger partial charge in [-0.2, -0.15) is 0 Å². The molecule has 0 aliphatic carbocycles. The minimum absolute atomic E-state index is 0.361. The van der Waals surface area contributed by atoms with Crippen LogP contribution in [0.15, 0.2) is 12.2 Å². The molecular weight excluding hydrogens is 156 g/mol. The molecule has 0 N–H and O–H groups in total. The van der Waals surface area contributed by atoms with Crippen molar-refractivity contribution in [2.75, 3.05) is 0 Å². The van der Waals surface area contributed by atoms with E-state index in [1.54, 1.807) is 0 Å². The van der Waals surface area contributed by atoms with Gasteiger partial charge in [-0.15, -0.1) is 0 Å². The number of esters is 2. The quantitative estimate of drug-likeness (QED) is 0.276. The normalized spacial score (nSPS) is 18.1. The molecule has 0 aromatic rings. The van der Waals surface area contributed by atoms with Gasteiger partial charge in [-0.25, -0.2) is 0 Å². The molecule has 3 heteroatoms. The van der Waals surface area contributed by atoms with Gasteiger partial charge in [-0.05, 0) is 26.2 Å². The summed E-state index contributed by atoms with van der Waals surface area (Å²) in [5, 5.41) is 0. The average molecular weight is 168 g/mol. The Morgan fingerprint density at radius 2 is 2.08 bits per heavy atom. The number of carbonyl (C=O) groups excluding carboxylic acids is 2. The third-order valence-corrected chi connectivity index (χ3v) is 1.87. The SMILES string of the molecule is CC=CCCCC1C(=O)OC1=O. The summed E-state index contributed by atoms with van der Waals surface area (Å²) in [7, 11) is 0. The molecule has 1 fully saturated rings. The number of carbonyl (C=O) groups is 2. The van der Waals surface area contributed by atoms with Gasteiger partial charge in [-0.3, -0.25) is 9.59 Å². The van der Waals surface area contributed by atoms with Gasteiger partial charge in [-0.1, -0.05) is 12.2 Å². The van der Waals surface area contributed by atoms with E-state index in [9.17, 15) is 9.59 Å². The van der Waals surface area contributed by atoms with Crippen LogP contribution in [0.25, 0.3) is 0 Å². The van der Waals surface area contributed by atoms with Crippen LogP contribution < -0.4 is 0 Å². The van der Waals surface area contributed by atoms with Crippen molar-refractivity contribution in [2.45, 2.75) is 26.2 Å². The fourth-order valence-electron chi connectivity index (χ4n) is 1.12. The Kier molecular flexibility index (Phi) is 3.02. The van der Waals surface area contributed by atoms with E-state index in [1.165, 1.54) is 0 Å². The topological polar surface area (TPSA) is 43.4 Å². The van der Waals surface area contributed by atoms with E-state index in [0.717, 1.165) is 12.8 Å². The van der Waals surface area contributed by atoms with Gasteiger partial charge in [0, 0.05) is 0 Å². The Bertz CT molecular complexity index is 204. The maximum atomic E-state index is 10.6. The maximum absolute atomic E-state index is 10.6. The lowest BCUT2D eigenvalue weighted by atomic mass is 9.99. The summed E-state index contributed by atoms with van der Waals surface area (Å²) >= 11 is 0. The van der Waals surface area contributed by atoms with Crippen molar-refractivity contribution in [3.8, 4) is 0 Å². The number of ether oxygens (including phenoxy) is 1. The summed E-state index contributed by atoms with van der Waals surface area (Å²) in [6.07, 6.45) is 6.40. The van der Waals surface area contributed by atoms with Crippen molar-refractivity contribution in [1.82, 2.24) is 0 Å². The van der Waals surface area contributed by atoms with Crippen LogP contribution >= 0.6 is 0 Å². The van der Waals surface area contributed by atoms with Gasteiger partial charge < -0.3 is 4.74 Å². The highest BCUT2D eigenvalue weighted by atomic mass is 16.6. The lowest BCUT2D eigenvalue weighted by molar-refractivity contribution is -0.184. The van der Waals surface area contributed by atoms with Crippen molar-refractivity contribution in [3.63, 3.8) is 0 Å². The fraction of sp³-hybridized carbons (Fsp3) is 0.556. The van der Waals surface area contributed by atoms with Crippen LogP contribution in [-0.2, 0) is 14.3 Å². The van der Waals surface area contributed by atoms with Gasteiger partial charge in [0.25, 0.3) is 0 Å². The number of hydrogen-bond donors (Lipinski definition) is 0. The van der Waals surface area contributed by atoms with E-state index in [-0.39, 0.29) is 11.9 Å². The molecule has 0 atom stereocenters. The van der Waals surface area contributed by atoms with Crippen LogP contribution in [0.1, 0.15) is 26.2 Å². The Hall–Kier alpha value is -1.12. The number of unbranched alkanes of at least 4 members (excludes halogenated alkanes) is 1. The van der Waals surface area contributed by atoms with E-state index in [4.69, 9.17) is 0 Å². The zero-order chi connectivity index (χ0) is 8.97. The molecule has 12 heavy (non-hydrogen) atoms. The van der Waals surface area contributed by atoms with Gasteiger partial charge in [0.1, 0.15) is 0 Å². The molecule has 0 radical (unpaired) electrons. The summed E-state index contributed by atoms with van der Waals surface area (Å²) in [4.78, 5) is 21.3. The minimum atomic E-state index is -0.463. The average Bonchev–Trinajstić information content (AvgIpc) is 2.04. The second-order valence-corrected chi connectivity index (χ2v) is 2.79. The smallest absolute Gasteiger partial charge is 0.328 e. The molecule has 0 aromatic heterocycles. The predicted octanol–water partition coefficient (Wildman–Crippen LogP) is 1.43. The summed E-state index contributed by atoms with van der Waals surface area (Å²) in [5.41, 5.74) is 0. The highest BCUT2D eigenvalue weighted by Crippen LogP contribution is 2.20. The van der Waals surface area contributed by atoms with Gasteiger partial charge in [0.05, 0.1) is 0 Å². The molecule has 0 bridgehead atoms. The van der Waals surface area contributed by atoms with Crippen molar-refractivity contribution < 1.29 is 14.3 Å². The first-order valence-electron chi connectivity index (χ1n) is 4.12. The molecular formula is C9H12O3. The highest BCUT2D eigenvalue weighted by Gasteiger charge is 2.40. The number of hydrogen-bond acceptors (Lipinski definition) is 3. The van der Waals surface area contributed by atoms with E-state index in [0.29, 0.717) is 6.42 Å². The maximum Gasteiger partial charge on any atom is 0.328 e. The molecule has 0 aromatic carbocycles. The second kappa shape index (κ2) is 4.04. The van der Waals surface area contributed by atoms with Crippen LogP contribution in [0.5, 0.6) is 0 Å². The number of allylic oxidation sites excluding steroid dienone is 2. The standard InChI is InChI=1S/C9H12O3/c1-2-3-4-5-6-7-8(10)12-9(7)11/h2-3,7H,4-6H2,1H3. The minimum Gasteiger partial charge on any atom is -0.392 e. The van der Waals surface area contributed by atoms with Crippen molar-refractivity contribution >= 4 is 11.9 Å². The van der Waals surface area contributed by atoms with Gasteiger partial charge in [0.15, 0.2) is 5.92 Å². The molecule has 1 saturated heterocycles. The first-order chi connectivity index (χ1) is 5.75. The largest absolute Gasteiger partial charge is 0.392 e. The predicted molar refractivity (Wildman–Crippen MR) is 43.3 cm³/mol. The van der Waals surface area contributed by atoms with Crippen molar-refractivity contribution in [3.05, 3.63) is 12.2 Å². The fourth-order valence-corrected chi connectivity index (χ4v) is 1.12. The molecule has 0 saturated carbocycles. The Morgan fingerprint density at radius 3 is 2.58 bits per heavy atom. The third-order valence-electron chi connectivity index (χ3n) is 1.87. The van der Waals surface area contributed by atoms with Crippen molar-refractivity contribution in [2.24, 2.45) is 5.92 Å². The summed E-state index contributed by atoms with van der Waals surface area (Å²) in [6, 6.07) is 0. The van der Waals surface area contributed by atoms with Gasteiger partial charge >= 0.3 is 11.9 Å². The monoisotopic (exact) mass is 168 g/mol. The summed E-state index contributed by atoms with van der Waals surface area (Å²) in [6.45, 7) is 1.95. The molecule has 1 aliphatic rings.